The van der Waals surface area contributed by atoms with Crippen molar-refractivity contribution in [3.63, 3.8) is 0 Å². The molecular formula is C14H20N2. The second kappa shape index (κ2) is 5.71. The van der Waals surface area contributed by atoms with Gasteiger partial charge in [-0.15, -0.1) is 6.58 Å². The molecule has 2 unspecified atom stereocenters. The highest BCUT2D eigenvalue weighted by atomic mass is 15.0. The maximum atomic E-state index is 3.84. The van der Waals surface area contributed by atoms with E-state index in [0.717, 1.165) is 19.5 Å². The van der Waals surface area contributed by atoms with Gasteiger partial charge < -0.3 is 10.6 Å². The summed E-state index contributed by atoms with van der Waals surface area (Å²) < 4.78 is 0. The molecule has 0 radical (unpaired) electrons. The molecule has 0 aromatic heterocycles. The van der Waals surface area contributed by atoms with E-state index in [0.29, 0.717) is 12.0 Å². The molecule has 2 atom stereocenters. The third kappa shape index (κ3) is 2.86. The van der Waals surface area contributed by atoms with Crippen molar-refractivity contribution in [2.24, 2.45) is 5.92 Å². The van der Waals surface area contributed by atoms with Crippen LogP contribution in [0.15, 0.2) is 43.0 Å². The number of piperidine rings is 1. The van der Waals surface area contributed by atoms with E-state index in [9.17, 15) is 0 Å². The van der Waals surface area contributed by atoms with E-state index in [1.165, 1.54) is 12.1 Å². The summed E-state index contributed by atoms with van der Waals surface area (Å²) in [6.07, 6.45) is 4.29. The van der Waals surface area contributed by atoms with Gasteiger partial charge in [0.25, 0.3) is 0 Å². The molecule has 1 aliphatic heterocycles. The lowest BCUT2D eigenvalue weighted by Gasteiger charge is -2.33. The minimum absolute atomic E-state index is 0.571. The monoisotopic (exact) mass is 216 g/mol. The smallest absolute Gasteiger partial charge is 0.0342 e. The fraction of sp³-hybridized carbons (Fsp3) is 0.429. The second-order valence-corrected chi connectivity index (χ2v) is 4.39. The van der Waals surface area contributed by atoms with E-state index in [1.807, 2.05) is 6.08 Å². The molecule has 2 rings (SSSR count). The molecule has 86 valence electrons. The Labute approximate surface area is 97.8 Å². The summed E-state index contributed by atoms with van der Waals surface area (Å²) in [5.74, 6) is 0.659. The average Bonchev–Trinajstić information content (AvgIpc) is 2.33. The van der Waals surface area contributed by atoms with Crippen molar-refractivity contribution >= 4 is 5.69 Å². The van der Waals surface area contributed by atoms with Gasteiger partial charge in [0.15, 0.2) is 0 Å². The largest absolute Gasteiger partial charge is 0.382 e. The Hall–Kier alpha value is -1.28. The summed E-state index contributed by atoms with van der Waals surface area (Å²) in [5.41, 5.74) is 1.23. The highest BCUT2D eigenvalue weighted by Gasteiger charge is 2.23. The Bertz CT molecular complexity index is 321. The van der Waals surface area contributed by atoms with Gasteiger partial charge >= 0.3 is 0 Å². The van der Waals surface area contributed by atoms with Crippen LogP contribution in [0.4, 0.5) is 5.69 Å². The van der Waals surface area contributed by atoms with Crippen molar-refractivity contribution in [1.82, 2.24) is 5.32 Å². The van der Waals surface area contributed by atoms with Crippen LogP contribution in [-0.2, 0) is 0 Å². The molecule has 0 saturated carbocycles. The third-order valence-electron chi connectivity index (χ3n) is 3.20. The molecule has 1 heterocycles. The summed E-state index contributed by atoms with van der Waals surface area (Å²) in [7, 11) is 0. The van der Waals surface area contributed by atoms with Crippen molar-refractivity contribution < 1.29 is 0 Å². The number of para-hydroxylation sites is 1. The van der Waals surface area contributed by atoms with Crippen LogP contribution in [0.1, 0.15) is 12.8 Å². The Morgan fingerprint density at radius 2 is 2.19 bits per heavy atom. The zero-order chi connectivity index (χ0) is 11.2. The summed E-state index contributed by atoms with van der Waals surface area (Å²) in [6, 6.07) is 11.0. The molecule has 2 N–H and O–H groups in total. The number of nitrogens with one attached hydrogen (secondary N) is 2. The van der Waals surface area contributed by atoms with Crippen LogP contribution < -0.4 is 10.6 Å². The van der Waals surface area contributed by atoms with Crippen molar-refractivity contribution in [3.8, 4) is 0 Å². The maximum absolute atomic E-state index is 3.84. The van der Waals surface area contributed by atoms with E-state index in [4.69, 9.17) is 0 Å². The molecule has 2 heteroatoms. The van der Waals surface area contributed by atoms with Crippen molar-refractivity contribution in [2.45, 2.75) is 18.9 Å². The molecule has 0 spiro atoms. The summed E-state index contributed by atoms with van der Waals surface area (Å²) >= 11 is 0. The highest BCUT2D eigenvalue weighted by Crippen LogP contribution is 2.20. The van der Waals surface area contributed by atoms with Crippen LogP contribution in [0.3, 0.4) is 0 Å². The van der Waals surface area contributed by atoms with Crippen LogP contribution in [-0.4, -0.2) is 19.1 Å². The summed E-state index contributed by atoms with van der Waals surface area (Å²) in [4.78, 5) is 0. The van der Waals surface area contributed by atoms with Crippen molar-refractivity contribution in [2.75, 3.05) is 18.4 Å². The lowest BCUT2D eigenvalue weighted by atomic mass is 9.90. The van der Waals surface area contributed by atoms with E-state index >= 15 is 0 Å². The molecular weight excluding hydrogens is 196 g/mol. The lowest BCUT2D eigenvalue weighted by Crippen LogP contribution is -2.43. The average molecular weight is 216 g/mol. The van der Waals surface area contributed by atoms with Crippen molar-refractivity contribution in [3.05, 3.63) is 43.0 Å². The van der Waals surface area contributed by atoms with E-state index in [1.54, 1.807) is 0 Å². The zero-order valence-electron chi connectivity index (χ0n) is 9.65. The third-order valence-corrected chi connectivity index (χ3v) is 3.20. The predicted octanol–water partition coefficient (Wildman–Crippen LogP) is 2.65. The van der Waals surface area contributed by atoms with Gasteiger partial charge in [-0.3, -0.25) is 0 Å². The van der Waals surface area contributed by atoms with Gasteiger partial charge in [0.1, 0.15) is 0 Å². The molecule has 1 aliphatic rings. The molecule has 1 fully saturated rings. The Morgan fingerprint density at radius 3 is 2.94 bits per heavy atom. The van der Waals surface area contributed by atoms with Crippen LogP contribution in [0.25, 0.3) is 0 Å². The first-order chi connectivity index (χ1) is 7.90. The normalized spacial score (nSPS) is 25.0. The number of benzene rings is 1. The number of anilines is 1. The second-order valence-electron chi connectivity index (χ2n) is 4.39. The first kappa shape index (κ1) is 11.2. The van der Waals surface area contributed by atoms with Gasteiger partial charge in [-0.2, -0.15) is 0 Å². The van der Waals surface area contributed by atoms with E-state index in [2.05, 4.69) is 47.5 Å². The molecule has 1 aromatic carbocycles. The van der Waals surface area contributed by atoms with E-state index < -0.39 is 0 Å². The Balaban J connectivity index is 1.98. The first-order valence-corrected chi connectivity index (χ1v) is 6.03. The highest BCUT2D eigenvalue weighted by molar-refractivity contribution is 5.43. The number of hydrogen-bond acceptors (Lipinski definition) is 2. The molecule has 0 aliphatic carbocycles. The van der Waals surface area contributed by atoms with Gasteiger partial charge in [0.05, 0.1) is 0 Å². The van der Waals surface area contributed by atoms with Crippen LogP contribution in [0.2, 0.25) is 0 Å². The minimum Gasteiger partial charge on any atom is -0.382 e. The molecule has 16 heavy (non-hydrogen) atoms. The molecule has 2 nitrogen and oxygen atoms in total. The number of rotatable bonds is 4. The topological polar surface area (TPSA) is 24.1 Å². The van der Waals surface area contributed by atoms with Gasteiger partial charge in [0.2, 0.25) is 0 Å². The standard InChI is InChI=1S/C14H20N2/c1-2-6-12-11-15-10-9-14(12)16-13-7-4-3-5-8-13/h2-5,7-8,12,14-16H,1,6,9-11H2. The zero-order valence-corrected chi connectivity index (χ0v) is 9.65. The van der Waals surface area contributed by atoms with Gasteiger partial charge in [-0.1, -0.05) is 24.3 Å². The van der Waals surface area contributed by atoms with Crippen LogP contribution in [0, 0.1) is 5.92 Å². The van der Waals surface area contributed by atoms with Gasteiger partial charge in [-0.25, -0.2) is 0 Å². The Kier molecular flexibility index (Phi) is 4.00. The number of allylic oxidation sites excluding steroid dienone is 1. The molecule has 0 bridgehead atoms. The Morgan fingerprint density at radius 1 is 1.38 bits per heavy atom. The SMILES string of the molecule is C=CCC1CNCCC1Nc1ccccc1. The molecule has 0 amide bonds. The maximum Gasteiger partial charge on any atom is 0.0342 e. The summed E-state index contributed by atoms with van der Waals surface area (Å²) in [6.45, 7) is 6.04. The summed E-state index contributed by atoms with van der Waals surface area (Å²) in [5, 5.41) is 7.08. The van der Waals surface area contributed by atoms with Crippen LogP contribution >= 0.6 is 0 Å². The minimum atomic E-state index is 0.571. The van der Waals surface area contributed by atoms with Crippen molar-refractivity contribution in [1.29, 1.82) is 0 Å². The van der Waals surface area contributed by atoms with Crippen LogP contribution in [0.5, 0.6) is 0 Å². The fourth-order valence-electron chi connectivity index (χ4n) is 2.32. The van der Waals surface area contributed by atoms with Gasteiger partial charge in [0, 0.05) is 18.3 Å². The number of hydrogen-bond donors (Lipinski definition) is 2. The quantitative estimate of drug-likeness (QED) is 0.756. The molecule has 1 aromatic rings. The fourth-order valence-corrected chi connectivity index (χ4v) is 2.32. The predicted molar refractivity (Wildman–Crippen MR) is 69.6 cm³/mol. The molecule has 1 saturated heterocycles. The lowest BCUT2D eigenvalue weighted by molar-refractivity contribution is 0.347. The first-order valence-electron chi connectivity index (χ1n) is 6.03. The van der Waals surface area contributed by atoms with E-state index in [-0.39, 0.29) is 0 Å². The van der Waals surface area contributed by atoms with Gasteiger partial charge in [-0.05, 0) is 37.4 Å².